The van der Waals surface area contributed by atoms with E-state index in [1.54, 1.807) is 12.1 Å². The summed E-state index contributed by atoms with van der Waals surface area (Å²) in [6.07, 6.45) is 5.14. The van der Waals surface area contributed by atoms with Crippen molar-refractivity contribution in [2.75, 3.05) is 11.9 Å². The third-order valence-electron chi connectivity index (χ3n) is 3.87. The number of benzene rings is 1. The van der Waals surface area contributed by atoms with Crippen LogP contribution in [0.1, 0.15) is 36.8 Å². The third kappa shape index (κ3) is 3.55. The number of rotatable bonds is 4. The Morgan fingerprint density at radius 1 is 1.39 bits per heavy atom. The highest BCUT2D eigenvalue weighted by molar-refractivity contribution is 9.09. The van der Waals surface area contributed by atoms with E-state index >= 15 is 0 Å². The van der Waals surface area contributed by atoms with Crippen LogP contribution in [0.15, 0.2) is 18.2 Å². The first-order chi connectivity index (χ1) is 8.70. The molecule has 1 unspecified atom stereocenters. The minimum atomic E-state index is -0.132. The molecule has 100 valence electrons. The molecule has 1 aromatic carbocycles. The van der Waals surface area contributed by atoms with Crippen LogP contribution in [0.3, 0.4) is 0 Å². The van der Waals surface area contributed by atoms with E-state index in [-0.39, 0.29) is 5.82 Å². The number of piperidine rings is 1. The molecule has 0 aliphatic carbocycles. The molecule has 1 atom stereocenters. The topological polar surface area (TPSA) is 3.24 Å². The predicted octanol–water partition coefficient (Wildman–Crippen LogP) is 4.27. The van der Waals surface area contributed by atoms with Gasteiger partial charge in [0.25, 0.3) is 0 Å². The lowest BCUT2D eigenvalue weighted by atomic mass is 9.98. The van der Waals surface area contributed by atoms with Gasteiger partial charge in [0.1, 0.15) is 5.82 Å². The number of hydrogen-bond acceptors (Lipinski definition) is 1. The Hall–Kier alpha value is -0.410. The summed E-state index contributed by atoms with van der Waals surface area (Å²) < 4.78 is 13.1. The van der Waals surface area contributed by atoms with Gasteiger partial charge in [-0.3, -0.25) is 4.90 Å². The number of alkyl halides is 1. The monoisotopic (exact) mass is 313 g/mol. The minimum Gasteiger partial charge on any atom is -0.296 e. The van der Waals surface area contributed by atoms with E-state index in [0.717, 1.165) is 17.4 Å². The lowest BCUT2D eigenvalue weighted by Crippen LogP contribution is -2.39. The van der Waals surface area contributed by atoms with Crippen LogP contribution in [0, 0.1) is 12.7 Å². The molecule has 2 rings (SSSR count). The lowest BCUT2D eigenvalue weighted by molar-refractivity contribution is 0.137. The van der Waals surface area contributed by atoms with E-state index in [1.807, 2.05) is 13.0 Å². The Kier molecular flexibility index (Phi) is 5.19. The highest BCUT2D eigenvalue weighted by atomic mass is 79.9. The summed E-state index contributed by atoms with van der Waals surface area (Å²) in [4.78, 5) is 2.56. The fraction of sp³-hybridized carbons (Fsp3) is 0.600. The van der Waals surface area contributed by atoms with Crippen molar-refractivity contribution in [2.45, 2.75) is 45.2 Å². The van der Waals surface area contributed by atoms with E-state index in [1.165, 1.54) is 37.8 Å². The van der Waals surface area contributed by atoms with Crippen molar-refractivity contribution in [3.05, 3.63) is 35.1 Å². The molecule has 1 aliphatic heterocycles. The van der Waals surface area contributed by atoms with E-state index in [2.05, 4.69) is 20.8 Å². The molecular weight excluding hydrogens is 293 g/mol. The van der Waals surface area contributed by atoms with Gasteiger partial charge in [0.2, 0.25) is 0 Å². The SMILES string of the molecule is Cc1cc(F)ccc1CN1CCCCC1CCBr. The van der Waals surface area contributed by atoms with Crippen LogP contribution in [0.5, 0.6) is 0 Å². The molecule has 0 aromatic heterocycles. The van der Waals surface area contributed by atoms with E-state index < -0.39 is 0 Å². The summed E-state index contributed by atoms with van der Waals surface area (Å²) in [6.45, 7) is 4.14. The van der Waals surface area contributed by atoms with Crippen LogP contribution in [0.2, 0.25) is 0 Å². The second-order valence-corrected chi connectivity index (χ2v) is 5.96. The lowest BCUT2D eigenvalue weighted by Gasteiger charge is -2.36. The predicted molar refractivity (Wildman–Crippen MR) is 77.6 cm³/mol. The Labute approximate surface area is 118 Å². The fourth-order valence-electron chi connectivity index (χ4n) is 2.78. The zero-order chi connectivity index (χ0) is 13.0. The van der Waals surface area contributed by atoms with Crippen LogP contribution in [0.4, 0.5) is 4.39 Å². The second kappa shape index (κ2) is 6.67. The molecule has 0 N–H and O–H groups in total. The summed E-state index contributed by atoms with van der Waals surface area (Å²) in [5, 5.41) is 1.07. The first-order valence-corrected chi connectivity index (χ1v) is 7.88. The maximum atomic E-state index is 13.1. The van der Waals surface area contributed by atoms with Crippen molar-refractivity contribution in [2.24, 2.45) is 0 Å². The number of halogens is 2. The van der Waals surface area contributed by atoms with Crippen LogP contribution in [0.25, 0.3) is 0 Å². The Balaban J connectivity index is 2.06. The smallest absolute Gasteiger partial charge is 0.123 e. The number of likely N-dealkylation sites (tertiary alicyclic amines) is 1. The molecular formula is C15H21BrFN. The highest BCUT2D eigenvalue weighted by Crippen LogP contribution is 2.23. The van der Waals surface area contributed by atoms with Crippen LogP contribution >= 0.6 is 15.9 Å². The molecule has 1 fully saturated rings. The van der Waals surface area contributed by atoms with Crippen molar-refractivity contribution >= 4 is 15.9 Å². The normalized spacial score (nSPS) is 21.2. The summed E-state index contributed by atoms with van der Waals surface area (Å²) in [5.41, 5.74) is 2.33. The summed E-state index contributed by atoms with van der Waals surface area (Å²) in [5.74, 6) is -0.132. The Morgan fingerprint density at radius 2 is 2.22 bits per heavy atom. The molecule has 1 nitrogen and oxygen atoms in total. The molecule has 18 heavy (non-hydrogen) atoms. The van der Waals surface area contributed by atoms with Gasteiger partial charge in [0, 0.05) is 17.9 Å². The van der Waals surface area contributed by atoms with Gasteiger partial charge in [0.05, 0.1) is 0 Å². The van der Waals surface area contributed by atoms with Crippen molar-refractivity contribution in [3.63, 3.8) is 0 Å². The van der Waals surface area contributed by atoms with Crippen molar-refractivity contribution in [1.29, 1.82) is 0 Å². The van der Waals surface area contributed by atoms with Crippen LogP contribution < -0.4 is 0 Å². The molecule has 0 saturated carbocycles. The Bertz CT molecular complexity index is 392. The largest absolute Gasteiger partial charge is 0.296 e. The van der Waals surface area contributed by atoms with Gasteiger partial charge in [-0.05, 0) is 56.0 Å². The summed E-state index contributed by atoms with van der Waals surface area (Å²) in [6, 6.07) is 5.83. The molecule has 3 heteroatoms. The molecule has 1 aliphatic rings. The average Bonchev–Trinajstić information content (AvgIpc) is 2.35. The molecule has 1 heterocycles. The van der Waals surface area contributed by atoms with Crippen LogP contribution in [-0.4, -0.2) is 22.8 Å². The van der Waals surface area contributed by atoms with Crippen molar-refractivity contribution in [3.8, 4) is 0 Å². The standard InChI is InChI=1S/C15H21BrFN/c1-12-10-14(17)6-5-13(12)11-18-9-3-2-4-15(18)7-8-16/h5-6,10,15H,2-4,7-9,11H2,1H3. The van der Waals surface area contributed by atoms with Gasteiger partial charge in [-0.25, -0.2) is 4.39 Å². The van der Waals surface area contributed by atoms with E-state index in [4.69, 9.17) is 0 Å². The molecule has 1 aromatic rings. The summed E-state index contributed by atoms with van der Waals surface area (Å²) in [7, 11) is 0. The number of hydrogen-bond donors (Lipinski definition) is 0. The maximum absolute atomic E-state index is 13.1. The molecule has 0 spiro atoms. The zero-order valence-electron chi connectivity index (χ0n) is 11.0. The molecule has 0 radical (unpaired) electrons. The van der Waals surface area contributed by atoms with Crippen molar-refractivity contribution < 1.29 is 4.39 Å². The van der Waals surface area contributed by atoms with Gasteiger partial charge in [-0.15, -0.1) is 0 Å². The first-order valence-electron chi connectivity index (χ1n) is 6.75. The second-order valence-electron chi connectivity index (χ2n) is 5.17. The fourth-order valence-corrected chi connectivity index (χ4v) is 3.31. The van der Waals surface area contributed by atoms with Gasteiger partial charge in [-0.1, -0.05) is 28.4 Å². The molecule has 1 saturated heterocycles. The first kappa shape index (κ1) is 14.0. The minimum absolute atomic E-state index is 0.132. The summed E-state index contributed by atoms with van der Waals surface area (Å²) >= 11 is 3.55. The number of nitrogens with zero attached hydrogens (tertiary/aromatic N) is 1. The maximum Gasteiger partial charge on any atom is 0.123 e. The quantitative estimate of drug-likeness (QED) is 0.750. The number of aryl methyl sites for hydroxylation is 1. The molecule has 0 bridgehead atoms. The highest BCUT2D eigenvalue weighted by Gasteiger charge is 2.22. The van der Waals surface area contributed by atoms with E-state index in [9.17, 15) is 4.39 Å². The van der Waals surface area contributed by atoms with Gasteiger partial charge < -0.3 is 0 Å². The van der Waals surface area contributed by atoms with Crippen molar-refractivity contribution in [1.82, 2.24) is 4.90 Å². The van der Waals surface area contributed by atoms with Gasteiger partial charge in [0.15, 0.2) is 0 Å². The Morgan fingerprint density at radius 3 is 2.94 bits per heavy atom. The van der Waals surface area contributed by atoms with E-state index in [0.29, 0.717) is 6.04 Å². The molecule has 0 amide bonds. The van der Waals surface area contributed by atoms with Gasteiger partial charge >= 0.3 is 0 Å². The zero-order valence-corrected chi connectivity index (χ0v) is 12.5. The van der Waals surface area contributed by atoms with Gasteiger partial charge in [-0.2, -0.15) is 0 Å². The third-order valence-corrected chi connectivity index (χ3v) is 4.33. The van der Waals surface area contributed by atoms with Crippen LogP contribution in [-0.2, 0) is 6.54 Å². The average molecular weight is 314 g/mol.